The summed E-state index contributed by atoms with van der Waals surface area (Å²) in [6.45, 7) is 6.60. The zero-order valence-electron chi connectivity index (χ0n) is 20.1. The molecule has 2 amide bonds. The van der Waals surface area contributed by atoms with Gasteiger partial charge in [0.1, 0.15) is 17.3 Å². The summed E-state index contributed by atoms with van der Waals surface area (Å²) in [5.74, 6) is 0.138. The molecule has 0 spiro atoms. The zero-order chi connectivity index (χ0) is 24.9. The highest BCUT2D eigenvalue weighted by molar-refractivity contribution is 5.89. The number of halogens is 1. The number of aryl methyl sites for hydroxylation is 1. The minimum Gasteiger partial charge on any atom is -0.379 e. The Bertz CT molecular complexity index is 1370. The van der Waals surface area contributed by atoms with Gasteiger partial charge in [0.25, 0.3) is 0 Å². The molecule has 1 aromatic carbocycles. The standard InChI is InChI=1S/C26H28FN7O2/c1-18-16-19(5-6-21(18)27)24-25(34-23(32-24)4-2-9-30-34)20-7-10-28-22(17-20)31-26(35)29-8-3-11-33-12-14-36-15-13-33/h2,4-7,9-10,16-17H,3,8,11-15H2,1H3,(H2,28,29,31,35). The number of nitrogens with one attached hydrogen (secondary N) is 2. The Morgan fingerprint density at radius 1 is 1.11 bits per heavy atom. The fraction of sp³-hybridized carbons (Fsp3) is 0.308. The first-order valence-corrected chi connectivity index (χ1v) is 12.0. The molecule has 0 saturated carbocycles. The van der Waals surface area contributed by atoms with E-state index >= 15 is 0 Å². The summed E-state index contributed by atoms with van der Waals surface area (Å²) in [6.07, 6.45) is 4.17. The molecule has 36 heavy (non-hydrogen) atoms. The number of amides is 2. The van der Waals surface area contributed by atoms with Gasteiger partial charge in [-0.05, 0) is 67.9 Å². The Hall–Kier alpha value is -3.89. The number of aromatic nitrogens is 4. The van der Waals surface area contributed by atoms with E-state index in [9.17, 15) is 9.18 Å². The number of carbonyl (C=O) groups is 1. The van der Waals surface area contributed by atoms with Crippen LogP contribution in [0, 0.1) is 12.7 Å². The SMILES string of the molecule is Cc1cc(-c2nc3cccnn3c2-c2ccnc(NC(=O)NCCCN3CCOCC3)c2)ccc1F. The lowest BCUT2D eigenvalue weighted by molar-refractivity contribution is 0.0375. The summed E-state index contributed by atoms with van der Waals surface area (Å²) < 4.78 is 21.0. The normalized spacial score (nSPS) is 14.2. The van der Waals surface area contributed by atoms with Gasteiger partial charge in [-0.3, -0.25) is 10.2 Å². The molecule has 0 atom stereocenters. The summed E-state index contributed by atoms with van der Waals surface area (Å²) in [4.78, 5) is 23.9. The van der Waals surface area contributed by atoms with Crippen molar-refractivity contribution in [3.8, 4) is 22.5 Å². The second-order valence-electron chi connectivity index (χ2n) is 8.68. The van der Waals surface area contributed by atoms with Crippen LogP contribution in [-0.2, 0) is 4.74 Å². The topological polar surface area (TPSA) is 96.7 Å². The molecule has 4 heterocycles. The van der Waals surface area contributed by atoms with Gasteiger partial charge in [0.2, 0.25) is 0 Å². The largest absolute Gasteiger partial charge is 0.379 e. The Labute approximate surface area is 208 Å². The molecule has 5 rings (SSSR count). The van der Waals surface area contributed by atoms with E-state index in [1.807, 2.05) is 18.2 Å². The summed E-state index contributed by atoms with van der Waals surface area (Å²) in [5.41, 5.74) is 4.14. The third-order valence-electron chi connectivity index (χ3n) is 6.14. The fourth-order valence-corrected chi connectivity index (χ4v) is 4.28. The lowest BCUT2D eigenvalue weighted by Gasteiger charge is -2.26. The smallest absolute Gasteiger partial charge is 0.320 e. The van der Waals surface area contributed by atoms with Gasteiger partial charge in [-0.15, -0.1) is 0 Å². The number of imidazole rings is 1. The average Bonchev–Trinajstić information content (AvgIpc) is 3.29. The van der Waals surface area contributed by atoms with Gasteiger partial charge < -0.3 is 10.1 Å². The van der Waals surface area contributed by atoms with Crippen LogP contribution in [0.5, 0.6) is 0 Å². The highest BCUT2D eigenvalue weighted by Crippen LogP contribution is 2.33. The van der Waals surface area contributed by atoms with Crippen molar-refractivity contribution >= 4 is 17.5 Å². The lowest BCUT2D eigenvalue weighted by Crippen LogP contribution is -2.38. The van der Waals surface area contributed by atoms with Crippen molar-refractivity contribution in [2.45, 2.75) is 13.3 Å². The number of pyridine rings is 1. The van der Waals surface area contributed by atoms with Crippen molar-refractivity contribution in [2.75, 3.05) is 44.7 Å². The summed E-state index contributed by atoms with van der Waals surface area (Å²) in [5, 5.41) is 10.2. The molecule has 2 N–H and O–H groups in total. The van der Waals surface area contributed by atoms with Crippen LogP contribution in [0.15, 0.2) is 54.9 Å². The first-order chi connectivity index (χ1) is 17.6. The number of rotatable bonds is 7. The van der Waals surface area contributed by atoms with E-state index in [0.29, 0.717) is 29.3 Å². The maximum atomic E-state index is 13.9. The van der Waals surface area contributed by atoms with Crippen molar-refractivity contribution in [1.82, 2.24) is 29.8 Å². The van der Waals surface area contributed by atoms with Crippen LogP contribution in [0.2, 0.25) is 0 Å². The minimum atomic E-state index is -0.313. The Kier molecular flexibility index (Phi) is 7.15. The fourth-order valence-electron chi connectivity index (χ4n) is 4.28. The van der Waals surface area contributed by atoms with E-state index in [1.54, 1.807) is 42.0 Å². The number of nitrogens with zero attached hydrogens (tertiary/aromatic N) is 5. The number of ether oxygens (including phenoxy) is 1. The third kappa shape index (κ3) is 5.34. The molecule has 1 saturated heterocycles. The van der Waals surface area contributed by atoms with Crippen LogP contribution in [0.25, 0.3) is 28.2 Å². The molecule has 0 radical (unpaired) electrons. The highest BCUT2D eigenvalue weighted by Gasteiger charge is 2.18. The van der Waals surface area contributed by atoms with Crippen LogP contribution >= 0.6 is 0 Å². The van der Waals surface area contributed by atoms with Crippen molar-refractivity contribution in [3.63, 3.8) is 0 Å². The second-order valence-corrected chi connectivity index (χ2v) is 8.68. The van der Waals surface area contributed by atoms with E-state index in [-0.39, 0.29) is 11.8 Å². The number of morpholine rings is 1. The molecule has 0 bridgehead atoms. The van der Waals surface area contributed by atoms with Crippen molar-refractivity contribution in [2.24, 2.45) is 0 Å². The van der Waals surface area contributed by atoms with Crippen LogP contribution in [0.3, 0.4) is 0 Å². The molecule has 10 heteroatoms. The molecule has 4 aromatic rings. The molecule has 1 aliphatic heterocycles. The minimum absolute atomic E-state index is 0.270. The molecular formula is C26H28FN7O2. The Morgan fingerprint density at radius 3 is 2.81 bits per heavy atom. The maximum absolute atomic E-state index is 13.9. The van der Waals surface area contributed by atoms with Crippen LogP contribution < -0.4 is 10.6 Å². The van der Waals surface area contributed by atoms with Crippen molar-refractivity contribution in [3.05, 3.63) is 66.2 Å². The van der Waals surface area contributed by atoms with E-state index < -0.39 is 0 Å². The van der Waals surface area contributed by atoms with Crippen LogP contribution in [0.1, 0.15) is 12.0 Å². The number of urea groups is 1. The Balaban J connectivity index is 1.33. The molecule has 0 aliphatic carbocycles. The predicted octanol–water partition coefficient (Wildman–Crippen LogP) is 3.75. The third-order valence-corrected chi connectivity index (χ3v) is 6.14. The molecule has 9 nitrogen and oxygen atoms in total. The van der Waals surface area contributed by atoms with Crippen LogP contribution in [0.4, 0.5) is 15.0 Å². The van der Waals surface area contributed by atoms with Gasteiger partial charge >= 0.3 is 6.03 Å². The maximum Gasteiger partial charge on any atom is 0.320 e. The number of anilines is 1. The molecule has 3 aromatic heterocycles. The predicted molar refractivity (Wildman–Crippen MR) is 135 cm³/mol. The number of carbonyl (C=O) groups excluding carboxylic acids is 1. The average molecular weight is 490 g/mol. The number of hydrogen-bond acceptors (Lipinski definition) is 6. The van der Waals surface area contributed by atoms with E-state index in [0.717, 1.165) is 56.1 Å². The van der Waals surface area contributed by atoms with E-state index in [1.165, 1.54) is 6.07 Å². The highest BCUT2D eigenvalue weighted by atomic mass is 19.1. The summed E-state index contributed by atoms with van der Waals surface area (Å²) >= 11 is 0. The summed E-state index contributed by atoms with van der Waals surface area (Å²) in [7, 11) is 0. The van der Waals surface area contributed by atoms with E-state index in [4.69, 9.17) is 9.72 Å². The van der Waals surface area contributed by atoms with Gasteiger partial charge in [-0.1, -0.05) is 0 Å². The Morgan fingerprint density at radius 2 is 1.97 bits per heavy atom. The number of benzene rings is 1. The first-order valence-electron chi connectivity index (χ1n) is 12.0. The van der Waals surface area contributed by atoms with Gasteiger partial charge in [0.05, 0.1) is 18.9 Å². The quantitative estimate of drug-likeness (QED) is 0.384. The number of fused-ring (bicyclic) bond motifs is 1. The lowest BCUT2D eigenvalue weighted by atomic mass is 10.0. The zero-order valence-corrected chi connectivity index (χ0v) is 20.1. The summed E-state index contributed by atoms with van der Waals surface area (Å²) in [6, 6.07) is 11.9. The monoisotopic (exact) mass is 489 g/mol. The molecular weight excluding hydrogens is 461 g/mol. The van der Waals surface area contributed by atoms with Gasteiger partial charge in [-0.2, -0.15) is 5.10 Å². The first kappa shape index (κ1) is 23.8. The molecule has 1 fully saturated rings. The van der Waals surface area contributed by atoms with Gasteiger partial charge in [0, 0.05) is 43.2 Å². The molecule has 186 valence electrons. The molecule has 0 unspecified atom stereocenters. The van der Waals surface area contributed by atoms with Crippen LogP contribution in [-0.4, -0.2) is 69.9 Å². The van der Waals surface area contributed by atoms with Crippen molar-refractivity contribution in [1.29, 1.82) is 0 Å². The van der Waals surface area contributed by atoms with Gasteiger partial charge in [0.15, 0.2) is 5.65 Å². The van der Waals surface area contributed by atoms with Crippen molar-refractivity contribution < 1.29 is 13.9 Å². The second kappa shape index (κ2) is 10.8. The number of hydrogen-bond donors (Lipinski definition) is 2. The van der Waals surface area contributed by atoms with E-state index in [2.05, 4.69) is 25.6 Å². The molecule has 1 aliphatic rings. The van der Waals surface area contributed by atoms with Gasteiger partial charge in [-0.25, -0.2) is 23.7 Å².